The Morgan fingerprint density at radius 2 is 0.583 bits per heavy atom. The summed E-state index contributed by atoms with van der Waals surface area (Å²) in [5.41, 5.74) is 30.2. The predicted molar refractivity (Wildman–Crippen MR) is 647 cm³/mol. The third-order valence-corrected chi connectivity index (χ3v) is 35.4. The van der Waals surface area contributed by atoms with E-state index in [1.807, 2.05) is 0 Å². The average Bonchev–Trinajstić information content (AvgIpc) is 0.815. The molecule has 0 spiro atoms. The molecule has 0 unspecified atom stereocenters. The summed E-state index contributed by atoms with van der Waals surface area (Å²) in [6.07, 6.45) is 44.5. The van der Waals surface area contributed by atoms with Gasteiger partial charge in [-0.25, -0.2) is 0 Å². The quantitative estimate of drug-likeness (QED) is 0.0479. The van der Waals surface area contributed by atoms with Gasteiger partial charge in [-0.3, -0.25) is 0 Å². The van der Waals surface area contributed by atoms with E-state index in [1.165, 1.54) is 167 Å². The van der Waals surface area contributed by atoms with Crippen LogP contribution in [0.1, 0.15) is 634 Å². The molecule has 0 bridgehead atoms. The molecule has 7 heteroatoms. The highest BCUT2D eigenvalue weighted by Crippen LogP contribution is 2.50. The number of hydrogen-bond acceptors (Lipinski definition) is 7. The SMILES string of the molecule is CC(C)CC1(N)CCOCC1.CC(C)C[C@@](C)(C(C)C)N(C)C.CC(C)C[C@](C)(N)C(C)(C)C.CC(C)C[C@](C)(N)C(C)C.CCC(N)(CC)CC(C)C.CCC1(CC(C)C)CCCCC1.CCC1(CC(C)C)CCOCC1.CCCC[C@@](C)(CC(C)C)C(C)C.CCC[C@@](C)(CC(C)C)C(C)(C)C.CCC[C@@](C)(CC(C)C)C(C)C.CC[C@@](C)(CC(C)C)C(C)(C)C.CC[C@@](C)(CC(C)C)C(C)C. The molecular formula is C132H287N5O2. The second kappa shape index (κ2) is 76.3. The van der Waals surface area contributed by atoms with Crippen LogP contribution in [0.2, 0.25) is 0 Å². The highest BCUT2D eigenvalue weighted by atomic mass is 16.5. The number of rotatable bonds is 43. The first-order valence-corrected chi connectivity index (χ1v) is 60.6. The number of nitrogens with two attached hydrogens (primary N) is 4. The van der Waals surface area contributed by atoms with Crippen LogP contribution in [0, 0.1) is 155 Å². The zero-order valence-electron chi connectivity index (χ0n) is 110. The Morgan fingerprint density at radius 3 is 0.784 bits per heavy atom. The molecule has 3 fully saturated rings. The molecule has 7 nitrogen and oxygen atoms in total. The van der Waals surface area contributed by atoms with Gasteiger partial charge in [-0.05, 0) is 337 Å². The van der Waals surface area contributed by atoms with Gasteiger partial charge in [0.1, 0.15) is 0 Å². The number of hydrogen-bond donors (Lipinski definition) is 4. The van der Waals surface area contributed by atoms with E-state index >= 15 is 0 Å². The van der Waals surface area contributed by atoms with Crippen molar-refractivity contribution in [3.63, 3.8) is 0 Å². The molecule has 0 aromatic rings. The van der Waals surface area contributed by atoms with Crippen LogP contribution in [-0.2, 0) is 9.47 Å². The van der Waals surface area contributed by atoms with E-state index in [-0.39, 0.29) is 27.6 Å². The topological polar surface area (TPSA) is 126 Å². The molecule has 1 aliphatic carbocycles. The van der Waals surface area contributed by atoms with Gasteiger partial charge in [0, 0.05) is 54.1 Å². The number of nitrogens with zero attached hydrogens (tertiary/aromatic N) is 1. The second-order valence-corrected chi connectivity index (χ2v) is 59.2. The lowest BCUT2D eigenvalue weighted by Gasteiger charge is -2.43. The van der Waals surface area contributed by atoms with E-state index in [2.05, 4.69) is 434 Å². The molecule has 3 rings (SSSR count). The van der Waals surface area contributed by atoms with Crippen molar-refractivity contribution in [3.8, 4) is 0 Å². The Labute approximate surface area is 888 Å². The van der Waals surface area contributed by atoms with Gasteiger partial charge in [-0.1, -0.05) is 465 Å². The molecule has 2 saturated heterocycles. The molecular weight excluding hydrogens is 1690 g/mol. The van der Waals surface area contributed by atoms with Crippen molar-refractivity contribution in [3.05, 3.63) is 0 Å². The summed E-state index contributed by atoms with van der Waals surface area (Å²) in [4.78, 5) is 2.36. The van der Waals surface area contributed by atoms with Crippen LogP contribution in [0.25, 0.3) is 0 Å². The molecule has 139 heavy (non-hydrogen) atoms. The van der Waals surface area contributed by atoms with Gasteiger partial charge in [0.15, 0.2) is 0 Å². The van der Waals surface area contributed by atoms with Gasteiger partial charge in [0.2, 0.25) is 0 Å². The van der Waals surface area contributed by atoms with Crippen molar-refractivity contribution in [1.29, 1.82) is 0 Å². The van der Waals surface area contributed by atoms with Crippen molar-refractivity contribution in [2.45, 2.75) is 661 Å². The Kier molecular flexibility index (Phi) is 85.8. The molecule has 0 radical (unpaired) electrons. The molecule has 2 aliphatic heterocycles. The summed E-state index contributed by atoms with van der Waals surface area (Å²) >= 11 is 0. The zero-order valence-corrected chi connectivity index (χ0v) is 110. The van der Waals surface area contributed by atoms with E-state index in [4.69, 9.17) is 32.4 Å². The van der Waals surface area contributed by atoms with Crippen LogP contribution in [0.3, 0.4) is 0 Å². The predicted octanol–water partition coefficient (Wildman–Crippen LogP) is 42.8. The number of unbranched alkanes of at least 4 members (excludes halogenated alkanes) is 1. The number of ether oxygens (including phenoxy) is 2. The van der Waals surface area contributed by atoms with Gasteiger partial charge in [-0.15, -0.1) is 0 Å². The zero-order chi connectivity index (χ0) is 112. The van der Waals surface area contributed by atoms with Crippen LogP contribution < -0.4 is 22.9 Å². The van der Waals surface area contributed by atoms with Crippen molar-refractivity contribution < 1.29 is 9.47 Å². The summed E-state index contributed by atoms with van der Waals surface area (Å²) in [6.45, 7) is 142. The fourth-order valence-electron chi connectivity index (χ4n) is 22.5. The lowest BCUT2D eigenvalue weighted by molar-refractivity contribution is 0.00188. The largest absolute Gasteiger partial charge is 0.381 e. The summed E-state index contributed by atoms with van der Waals surface area (Å²) in [5.74, 6) is 13.2. The van der Waals surface area contributed by atoms with Crippen molar-refractivity contribution >= 4 is 0 Å². The van der Waals surface area contributed by atoms with E-state index < -0.39 is 0 Å². The van der Waals surface area contributed by atoms with Crippen LogP contribution in [-0.4, -0.2) is 73.1 Å². The van der Waals surface area contributed by atoms with Crippen molar-refractivity contribution in [2.24, 2.45) is 178 Å². The highest BCUT2D eigenvalue weighted by molar-refractivity contribution is 4.94. The first-order chi connectivity index (χ1) is 62.6. The second-order valence-electron chi connectivity index (χ2n) is 59.2. The van der Waals surface area contributed by atoms with Crippen LogP contribution in [0.4, 0.5) is 0 Å². The molecule has 8 N–H and O–H groups in total. The minimum absolute atomic E-state index is 0.0220. The summed E-state index contributed by atoms with van der Waals surface area (Å²) in [5, 5.41) is 0. The smallest absolute Gasteiger partial charge is 0.0483 e. The van der Waals surface area contributed by atoms with E-state index in [1.54, 1.807) is 0 Å². The lowest BCUT2D eigenvalue weighted by Crippen LogP contribution is -2.49. The van der Waals surface area contributed by atoms with Gasteiger partial charge in [0.05, 0.1) is 0 Å². The maximum absolute atomic E-state index is 6.19. The normalized spacial score (nSPS) is 18.6. The molecule has 3 aliphatic rings. The third-order valence-electron chi connectivity index (χ3n) is 35.4. The minimum Gasteiger partial charge on any atom is -0.381 e. The fraction of sp³-hybridized carbons (Fsp3) is 1.00. The standard InChI is InChI=1S/2C13H28.C12H24.2C12H26.C11H25N.C11H22O.C11H24.C10H23N.C9H19NO.2C9H21N/c1-8-9-13(7,10-11(2)3)12(4,5)6;1-7-8-9-13(6,12(4)5)10-11(2)3;1-4-12(10-11(2)3)8-6-5-7-9-12;1-8-12(7,9-10(2)3)11(4,5)6;1-7-8-12(6,11(4)5)9-10(2)3;1-9(2)8-11(5,10(3)4)12(6)7;1-4-11(9-10(2)3)5-7-12-8-6-11;1-7-11(6,10(4)5)8-9(2)3;1-8(2)7-10(6,11)9(3,4)5;1-8(2)7-9(10)3-5-11-6-4-9;1-7(2)6-9(5,10)8(3)4;1-5-9(10,6-2)7-8(3)4/h11H,8-10H2,1-7H3;11-12H,7-10H2,1-6H3;11H,4-10H2,1-3H3;10H,8-9H2,1-7H3;10-11H,7-9H2,1-6H3;9-10H,8H2,1-7H3;10H,4-9H2,1-3H3;9-10H,7-8H2,1-6H3;8H,7,11H2,1-6H3;8H,3-7,10H2,1-2H3;7-8H,6,10H2,1-5H3;8H,5-7,10H2,1-4H3/t2*13-;;2*12-;11-;;11-;10-;;9-;/m00.000.00.0./s1. The minimum atomic E-state index is -0.0405. The maximum atomic E-state index is 6.19. The Balaban J connectivity index is -0.000000190. The molecule has 0 aromatic carbocycles. The molecule has 0 amide bonds. The first kappa shape index (κ1) is 156. The lowest BCUT2D eigenvalue weighted by atomic mass is 9.62. The third kappa shape index (κ3) is 75.2. The van der Waals surface area contributed by atoms with Gasteiger partial charge in [-0.2, -0.15) is 0 Å². The Bertz CT molecular complexity index is 2620. The summed E-state index contributed by atoms with van der Waals surface area (Å²) < 4.78 is 10.7. The highest BCUT2D eigenvalue weighted by Gasteiger charge is 2.41. The van der Waals surface area contributed by atoms with Gasteiger partial charge >= 0.3 is 0 Å². The molecule has 2 heterocycles. The van der Waals surface area contributed by atoms with Crippen LogP contribution in [0.15, 0.2) is 0 Å². The van der Waals surface area contributed by atoms with E-state index in [0.29, 0.717) is 72.5 Å². The molecule has 852 valence electrons. The molecule has 1 saturated carbocycles. The van der Waals surface area contributed by atoms with Crippen LogP contribution in [0.5, 0.6) is 0 Å². The first-order valence-electron chi connectivity index (χ1n) is 60.6. The molecule has 8 atom stereocenters. The Morgan fingerprint density at radius 1 is 0.273 bits per heavy atom. The summed E-state index contributed by atoms with van der Waals surface area (Å²) in [6, 6.07) is 0. The summed E-state index contributed by atoms with van der Waals surface area (Å²) in [7, 11) is 4.37. The van der Waals surface area contributed by atoms with Crippen molar-refractivity contribution in [2.75, 3.05) is 40.5 Å². The average molecular weight is 1980 g/mol. The Hall–Kier alpha value is -0.280. The molecule has 0 aromatic heterocycles. The van der Waals surface area contributed by atoms with Gasteiger partial charge in [0.25, 0.3) is 0 Å². The van der Waals surface area contributed by atoms with Gasteiger partial charge < -0.3 is 37.3 Å². The van der Waals surface area contributed by atoms with Crippen molar-refractivity contribution in [1.82, 2.24) is 4.90 Å². The van der Waals surface area contributed by atoms with Crippen LogP contribution >= 0.6 is 0 Å². The monoisotopic (exact) mass is 1980 g/mol. The van der Waals surface area contributed by atoms with E-state index in [9.17, 15) is 0 Å². The maximum Gasteiger partial charge on any atom is 0.0483 e. The van der Waals surface area contributed by atoms with E-state index in [0.717, 1.165) is 160 Å². The fourth-order valence-corrected chi connectivity index (χ4v) is 22.5.